The van der Waals surface area contributed by atoms with Gasteiger partial charge in [0.15, 0.2) is 6.10 Å². The van der Waals surface area contributed by atoms with Crippen LogP contribution in [-0.2, 0) is 28.6 Å². The first-order valence-electron chi connectivity index (χ1n) is 30.5. The van der Waals surface area contributed by atoms with Crippen LogP contribution in [0.3, 0.4) is 0 Å². The summed E-state index contributed by atoms with van der Waals surface area (Å²) < 4.78 is 16.9. The quantitative estimate of drug-likeness (QED) is 0.0261. The number of hydrogen-bond acceptors (Lipinski definition) is 6. The topological polar surface area (TPSA) is 78.9 Å². The Labute approximate surface area is 456 Å². The third-order valence-electron chi connectivity index (χ3n) is 12.7. The van der Waals surface area contributed by atoms with E-state index < -0.39 is 6.10 Å². The van der Waals surface area contributed by atoms with E-state index in [1.54, 1.807) is 0 Å². The predicted octanol–water partition coefficient (Wildman–Crippen LogP) is 20.8. The van der Waals surface area contributed by atoms with E-state index in [1.165, 1.54) is 83.5 Å². The van der Waals surface area contributed by atoms with Gasteiger partial charge in [0.25, 0.3) is 0 Å². The molecule has 0 saturated heterocycles. The van der Waals surface area contributed by atoms with Crippen LogP contribution >= 0.6 is 0 Å². The highest BCUT2D eigenvalue weighted by atomic mass is 16.6. The summed E-state index contributed by atoms with van der Waals surface area (Å²) in [5, 5.41) is 0. The molecule has 0 spiro atoms. The summed E-state index contributed by atoms with van der Waals surface area (Å²) in [6.45, 7) is 6.35. The number of unbranched alkanes of at least 4 members (excludes halogenated alkanes) is 23. The molecule has 0 N–H and O–H groups in total. The van der Waals surface area contributed by atoms with Crippen LogP contribution < -0.4 is 0 Å². The summed E-state index contributed by atoms with van der Waals surface area (Å²) in [5.41, 5.74) is 0. The van der Waals surface area contributed by atoms with E-state index >= 15 is 0 Å². The lowest BCUT2D eigenvalue weighted by Crippen LogP contribution is -2.30. The Hall–Kier alpha value is -4.19. The Kier molecular flexibility index (Phi) is 57.9. The maximum absolute atomic E-state index is 12.9. The molecule has 0 aliphatic heterocycles. The van der Waals surface area contributed by atoms with E-state index in [0.717, 1.165) is 148 Å². The molecule has 1 unspecified atom stereocenters. The van der Waals surface area contributed by atoms with Crippen LogP contribution in [0.4, 0.5) is 0 Å². The highest BCUT2D eigenvalue weighted by Crippen LogP contribution is 2.15. The summed E-state index contributed by atoms with van der Waals surface area (Å²) in [4.78, 5) is 38.2. The molecule has 0 rings (SSSR count). The van der Waals surface area contributed by atoms with Gasteiger partial charge in [0, 0.05) is 19.3 Å². The minimum absolute atomic E-state index is 0.0956. The molecule has 0 radical (unpaired) electrons. The molecule has 0 aromatic carbocycles. The van der Waals surface area contributed by atoms with Crippen LogP contribution in [0.15, 0.2) is 122 Å². The first-order chi connectivity index (χ1) is 36.5. The molecular formula is C68H112O6. The van der Waals surface area contributed by atoms with Gasteiger partial charge in [-0.05, 0) is 122 Å². The third kappa shape index (κ3) is 58.7. The van der Waals surface area contributed by atoms with Crippen LogP contribution in [0.1, 0.15) is 271 Å². The van der Waals surface area contributed by atoms with E-state index in [0.29, 0.717) is 19.3 Å². The van der Waals surface area contributed by atoms with Crippen molar-refractivity contribution in [3.8, 4) is 0 Å². The molecule has 0 bridgehead atoms. The Morgan fingerprint density at radius 2 is 0.527 bits per heavy atom. The zero-order valence-corrected chi connectivity index (χ0v) is 48.1. The van der Waals surface area contributed by atoms with E-state index in [2.05, 4.69) is 142 Å². The largest absolute Gasteiger partial charge is 0.462 e. The first kappa shape index (κ1) is 69.8. The number of carbonyl (C=O) groups is 3. The maximum atomic E-state index is 12.9. The van der Waals surface area contributed by atoms with Crippen molar-refractivity contribution in [2.75, 3.05) is 13.2 Å². The highest BCUT2D eigenvalue weighted by molar-refractivity contribution is 5.71. The SMILES string of the molecule is CC/C=C\C/C=C\C/C=C\C/C=C\CCCCCCCCCCCCCCC(=O)OCC(COC(=O)CCCCCCC/C=C\C/C=C\CCCC)OC(=O)CCCCCC/C=C\C/C=C\C/C=C\C/C=C\CC. The number of carbonyl (C=O) groups excluding carboxylic acids is 3. The summed E-state index contributed by atoms with van der Waals surface area (Å²) in [6, 6.07) is 0. The van der Waals surface area contributed by atoms with E-state index in [1.807, 2.05) is 0 Å². The molecule has 0 aromatic rings. The molecule has 0 amide bonds. The first-order valence-corrected chi connectivity index (χ1v) is 30.5. The monoisotopic (exact) mass is 1020 g/mol. The van der Waals surface area contributed by atoms with Gasteiger partial charge in [-0.15, -0.1) is 0 Å². The van der Waals surface area contributed by atoms with Gasteiger partial charge in [-0.25, -0.2) is 0 Å². The van der Waals surface area contributed by atoms with Gasteiger partial charge >= 0.3 is 17.9 Å². The maximum Gasteiger partial charge on any atom is 0.306 e. The summed E-state index contributed by atoms with van der Waals surface area (Å²) in [7, 11) is 0. The van der Waals surface area contributed by atoms with Crippen LogP contribution in [-0.4, -0.2) is 37.2 Å². The second-order valence-electron chi connectivity index (χ2n) is 19.8. The Morgan fingerprint density at radius 3 is 0.824 bits per heavy atom. The van der Waals surface area contributed by atoms with Crippen LogP contribution in [0, 0.1) is 0 Å². The van der Waals surface area contributed by atoms with Crippen molar-refractivity contribution in [1.29, 1.82) is 0 Å². The van der Waals surface area contributed by atoms with Gasteiger partial charge in [0.05, 0.1) is 0 Å². The molecule has 0 saturated carbocycles. The number of ether oxygens (including phenoxy) is 3. The lowest BCUT2D eigenvalue weighted by atomic mass is 10.0. The minimum atomic E-state index is -0.801. The molecule has 6 heteroatoms. The second-order valence-corrected chi connectivity index (χ2v) is 19.8. The predicted molar refractivity (Wildman–Crippen MR) is 320 cm³/mol. The molecule has 0 heterocycles. The standard InChI is InChI=1S/C68H112O6/c1-4-7-10-13-16-19-22-25-28-30-31-32-33-34-35-36-37-39-40-43-46-49-52-55-58-61-67(70)73-64-65(63-72-66(69)60-57-54-51-48-45-42-27-24-21-18-15-12-9-6-3)74-68(71)62-59-56-53-50-47-44-41-38-29-26-23-20-17-14-11-8-5-2/h7-8,10-11,15-20,24-29,31-32,41,44,65H,4-6,9,12-14,21-23,30,33-40,42-43,45-64H2,1-3H3/b10-7-,11-8-,18-15-,19-16-,20-17-,27-24-,28-25-,29-26-,32-31-,44-41-. The van der Waals surface area contributed by atoms with Crippen molar-refractivity contribution in [2.24, 2.45) is 0 Å². The van der Waals surface area contributed by atoms with Gasteiger partial charge in [0.1, 0.15) is 13.2 Å². The van der Waals surface area contributed by atoms with Gasteiger partial charge in [0.2, 0.25) is 0 Å². The van der Waals surface area contributed by atoms with Gasteiger partial charge < -0.3 is 14.2 Å². The number of allylic oxidation sites excluding steroid dienone is 20. The third-order valence-corrected chi connectivity index (χ3v) is 12.7. The zero-order chi connectivity index (χ0) is 53.6. The zero-order valence-electron chi connectivity index (χ0n) is 48.1. The fourth-order valence-electron chi connectivity index (χ4n) is 8.15. The van der Waals surface area contributed by atoms with Crippen LogP contribution in [0.25, 0.3) is 0 Å². The molecule has 0 aromatic heterocycles. The number of esters is 3. The molecule has 0 aliphatic carbocycles. The van der Waals surface area contributed by atoms with Gasteiger partial charge in [-0.3, -0.25) is 14.4 Å². The molecule has 74 heavy (non-hydrogen) atoms. The summed E-state index contributed by atoms with van der Waals surface area (Å²) in [6.07, 6.45) is 84.8. The van der Waals surface area contributed by atoms with Crippen molar-refractivity contribution >= 4 is 17.9 Å². The van der Waals surface area contributed by atoms with Crippen molar-refractivity contribution in [3.63, 3.8) is 0 Å². The van der Waals surface area contributed by atoms with Crippen molar-refractivity contribution in [2.45, 2.75) is 277 Å². The van der Waals surface area contributed by atoms with Crippen molar-refractivity contribution in [3.05, 3.63) is 122 Å². The Morgan fingerprint density at radius 1 is 0.284 bits per heavy atom. The summed E-state index contributed by atoms with van der Waals surface area (Å²) in [5.74, 6) is -0.934. The van der Waals surface area contributed by atoms with Crippen LogP contribution in [0.5, 0.6) is 0 Å². The van der Waals surface area contributed by atoms with E-state index in [-0.39, 0.29) is 31.1 Å². The normalized spacial score (nSPS) is 13.0. The average molecular weight is 1030 g/mol. The van der Waals surface area contributed by atoms with Gasteiger partial charge in [-0.1, -0.05) is 251 Å². The van der Waals surface area contributed by atoms with E-state index in [9.17, 15) is 14.4 Å². The molecule has 420 valence electrons. The van der Waals surface area contributed by atoms with Gasteiger partial charge in [-0.2, -0.15) is 0 Å². The lowest BCUT2D eigenvalue weighted by Gasteiger charge is -2.18. The minimum Gasteiger partial charge on any atom is -0.462 e. The van der Waals surface area contributed by atoms with Crippen molar-refractivity contribution in [1.82, 2.24) is 0 Å². The Bertz CT molecular complexity index is 1550. The molecule has 6 nitrogen and oxygen atoms in total. The highest BCUT2D eigenvalue weighted by Gasteiger charge is 2.19. The molecule has 0 aliphatic rings. The second kappa shape index (κ2) is 61.4. The molecular weight excluding hydrogens is 913 g/mol. The average Bonchev–Trinajstić information content (AvgIpc) is 3.40. The van der Waals surface area contributed by atoms with Crippen molar-refractivity contribution < 1.29 is 28.6 Å². The molecule has 0 fully saturated rings. The fraction of sp³-hybridized carbons (Fsp3) is 0.662. The number of rotatable bonds is 54. The fourth-order valence-corrected chi connectivity index (χ4v) is 8.15. The lowest BCUT2D eigenvalue weighted by molar-refractivity contribution is -0.167. The van der Waals surface area contributed by atoms with E-state index in [4.69, 9.17) is 14.2 Å². The number of hydrogen-bond donors (Lipinski definition) is 0. The van der Waals surface area contributed by atoms with Crippen LogP contribution in [0.2, 0.25) is 0 Å². The summed E-state index contributed by atoms with van der Waals surface area (Å²) >= 11 is 0. The smallest absolute Gasteiger partial charge is 0.306 e. The molecule has 1 atom stereocenters. The Balaban J connectivity index is 4.37.